The Morgan fingerprint density at radius 3 is 2.47 bits per heavy atom. The summed E-state index contributed by atoms with van der Waals surface area (Å²) < 4.78 is 0.845. The van der Waals surface area contributed by atoms with Crippen molar-refractivity contribution >= 4 is 5.91 Å². The summed E-state index contributed by atoms with van der Waals surface area (Å²) in [5.41, 5.74) is 0. The third-order valence-electron chi connectivity index (χ3n) is 2.31. The van der Waals surface area contributed by atoms with Crippen LogP contribution < -0.4 is 24.0 Å². The summed E-state index contributed by atoms with van der Waals surface area (Å²) in [6.45, 7) is 0.832. The summed E-state index contributed by atoms with van der Waals surface area (Å²) in [6, 6.07) is 0.147. The average molecular weight is 322 g/mol. The van der Waals surface area contributed by atoms with Crippen LogP contribution in [-0.4, -0.2) is 56.1 Å². The van der Waals surface area contributed by atoms with Crippen LogP contribution in [-0.2, 0) is 4.79 Å². The van der Waals surface area contributed by atoms with Crippen molar-refractivity contribution in [3.8, 4) is 11.8 Å². The van der Waals surface area contributed by atoms with Crippen LogP contribution in [0.5, 0.6) is 0 Å². The highest BCUT2D eigenvalue weighted by Gasteiger charge is 2.25. The highest BCUT2D eigenvalue weighted by atomic mass is 127. The zero-order chi connectivity index (χ0) is 10.8. The highest BCUT2D eigenvalue weighted by Crippen LogP contribution is 2.14. The van der Waals surface area contributed by atoms with E-state index in [1.807, 2.05) is 7.05 Å². The highest BCUT2D eigenvalue weighted by molar-refractivity contribution is 5.79. The molecule has 1 heterocycles. The molecule has 86 valence electrons. The van der Waals surface area contributed by atoms with Crippen molar-refractivity contribution in [2.75, 3.05) is 34.7 Å². The van der Waals surface area contributed by atoms with Gasteiger partial charge in [-0.2, -0.15) is 0 Å². The second-order valence-electron chi connectivity index (χ2n) is 4.83. The van der Waals surface area contributed by atoms with Gasteiger partial charge in [-0.1, -0.05) is 5.92 Å². The van der Waals surface area contributed by atoms with E-state index in [9.17, 15) is 4.79 Å². The van der Waals surface area contributed by atoms with Gasteiger partial charge >= 0.3 is 0 Å². The van der Waals surface area contributed by atoms with E-state index >= 15 is 0 Å². The number of hydrogen-bond donors (Lipinski definition) is 0. The molecule has 15 heavy (non-hydrogen) atoms. The Morgan fingerprint density at radius 2 is 2.07 bits per heavy atom. The van der Waals surface area contributed by atoms with Crippen molar-refractivity contribution in [3.05, 3.63) is 0 Å². The van der Waals surface area contributed by atoms with Gasteiger partial charge in [-0.15, -0.1) is 0 Å². The van der Waals surface area contributed by atoms with Gasteiger partial charge in [0.2, 0.25) is 5.91 Å². The number of likely N-dealkylation sites (tertiary alicyclic amines) is 1. The Morgan fingerprint density at radius 1 is 1.47 bits per heavy atom. The Bertz CT molecular complexity index is 285. The van der Waals surface area contributed by atoms with E-state index in [1.54, 1.807) is 4.90 Å². The van der Waals surface area contributed by atoms with Crippen LogP contribution in [0.3, 0.4) is 0 Å². The first-order chi connectivity index (χ1) is 6.40. The van der Waals surface area contributed by atoms with Crippen LogP contribution in [0.25, 0.3) is 0 Å². The fourth-order valence-electron chi connectivity index (χ4n) is 1.37. The predicted molar refractivity (Wildman–Crippen MR) is 56.5 cm³/mol. The molecule has 3 nitrogen and oxygen atoms in total. The summed E-state index contributed by atoms with van der Waals surface area (Å²) in [5.74, 6) is 6.52. The maximum atomic E-state index is 11.2. The smallest absolute Gasteiger partial charge is 0.223 e. The molecular formula is C11H19IN2O. The maximum absolute atomic E-state index is 11.2. The molecular weight excluding hydrogens is 303 g/mol. The van der Waals surface area contributed by atoms with E-state index in [0.29, 0.717) is 6.42 Å². The molecule has 1 amide bonds. The van der Waals surface area contributed by atoms with E-state index in [0.717, 1.165) is 17.4 Å². The van der Waals surface area contributed by atoms with E-state index < -0.39 is 0 Å². The van der Waals surface area contributed by atoms with Crippen molar-refractivity contribution in [2.24, 2.45) is 0 Å². The molecule has 1 atom stereocenters. The topological polar surface area (TPSA) is 20.3 Å². The molecule has 0 aromatic carbocycles. The van der Waals surface area contributed by atoms with Crippen molar-refractivity contribution < 1.29 is 33.3 Å². The number of carbonyl (C=O) groups excluding carboxylic acids is 1. The van der Waals surface area contributed by atoms with Crippen LogP contribution in [0.2, 0.25) is 0 Å². The van der Waals surface area contributed by atoms with E-state index in [-0.39, 0.29) is 35.9 Å². The van der Waals surface area contributed by atoms with Crippen molar-refractivity contribution in [1.82, 2.24) is 4.90 Å². The first-order valence-corrected chi connectivity index (χ1v) is 4.95. The van der Waals surface area contributed by atoms with Gasteiger partial charge in [0.1, 0.15) is 6.54 Å². The number of carbonyl (C=O) groups is 1. The molecule has 0 saturated carbocycles. The Hall–Kier alpha value is -0.280. The molecule has 4 heteroatoms. The first-order valence-electron chi connectivity index (χ1n) is 4.95. The van der Waals surface area contributed by atoms with Gasteiger partial charge in [0.05, 0.1) is 27.2 Å². The zero-order valence-corrected chi connectivity index (χ0v) is 12.0. The van der Waals surface area contributed by atoms with Gasteiger partial charge in [-0.05, 0) is 12.3 Å². The second-order valence-corrected chi connectivity index (χ2v) is 4.83. The van der Waals surface area contributed by atoms with Crippen LogP contribution >= 0.6 is 0 Å². The number of hydrogen-bond acceptors (Lipinski definition) is 1. The number of quaternary nitrogens is 1. The number of nitrogens with zero attached hydrogens (tertiary/aromatic N) is 2. The van der Waals surface area contributed by atoms with Gasteiger partial charge in [0.25, 0.3) is 0 Å². The molecule has 0 bridgehead atoms. The largest absolute Gasteiger partial charge is 1.00 e. The van der Waals surface area contributed by atoms with Crippen molar-refractivity contribution in [3.63, 3.8) is 0 Å². The SMILES string of the molecule is CN1C(=O)CCC1C#CC[N+](C)(C)C.[I-]. The summed E-state index contributed by atoms with van der Waals surface area (Å²) in [6.07, 6.45) is 1.54. The van der Waals surface area contributed by atoms with E-state index in [2.05, 4.69) is 33.0 Å². The second kappa shape index (κ2) is 5.71. The summed E-state index contributed by atoms with van der Waals surface area (Å²) in [4.78, 5) is 13.0. The molecule has 1 fully saturated rings. The van der Waals surface area contributed by atoms with Crippen LogP contribution in [0.1, 0.15) is 12.8 Å². The first kappa shape index (κ1) is 14.7. The maximum Gasteiger partial charge on any atom is 0.223 e. The van der Waals surface area contributed by atoms with Crippen molar-refractivity contribution in [1.29, 1.82) is 0 Å². The molecule has 1 rings (SSSR count). The predicted octanol–water partition coefficient (Wildman–Crippen LogP) is -2.68. The molecule has 0 aromatic heterocycles. The molecule has 0 aliphatic carbocycles. The molecule has 1 aliphatic heterocycles. The minimum atomic E-state index is 0. The van der Waals surface area contributed by atoms with Gasteiger partial charge in [-0.3, -0.25) is 4.79 Å². The Kier molecular flexibility index (Phi) is 5.60. The molecule has 1 unspecified atom stereocenters. The van der Waals surface area contributed by atoms with Crippen LogP contribution in [0.4, 0.5) is 0 Å². The fourth-order valence-corrected chi connectivity index (χ4v) is 1.37. The van der Waals surface area contributed by atoms with Crippen LogP contribution in [0, 0.1) is 11.8 Å². The lowest BCUT2D eigenvalue weighted by Crippen LogP contribution is -3.00. The number of halogens is 1. The monoisotopic (exact) mass is 322 g/mol. The van der Waals surface area contributed by atoms with E-state index in [1.165, 1.54) is 0 Å². The van der Waals surface area contributed by atoms with Crippen LogP contribution in [0.15, 0.2) is 0 Å². The lowest BCUT2D eigenvalue weighted by Gasteiger charge is -2.20. The molecule has 0 radical (unpaired) electrons. The van der Waals surface area contributed by atoms with Gasteiger partial charge in [0, 0.05) is 13.5 Å². The van der Waals surface area contributed by atoms with Crippen molar-refractivity contribution in [2.45, 2.75) is 18.9 Å². The normalized spacial score (nSPS) is 20.7. The lowest BCUT2D eigenvalue weighted by atomic mass is 10.2. The lowest BCUT2D eigenvalue weighted by molar-refractivity contribution is -0.862. The molecule has 0 N–H and O–H groups in total. The molecule has 1 aliphatic rings. The minimum Gasteiger partial charge on any atom is -1.00 e. The molecule has 1 saturated heterocycles. The molecule has 0 spiro atoms. The van der Waals surface area contributed by atoms with E-state index in [4.69, 9.17) is 0 Å². The zero-order valence-electron chi connectivity index (χ0n) is 9.88. The van der Waals surface area contributed by atoms with Gasteiger partial charge < -0.3 is 33.4 Å². The third kappa shape index (κ3) is 4.85. The third-order valence-corrected chi connectivity index (χ3v) is 2.31. The quantitative estimate of drug-likeness (QED) is 0.293. The minimum absolute atomic E-state index is 0. The Labute approximate surface area is 109 Å². The summed E-state index contributed by atoms with van der Waals surface area (Å²) in [5, 5.41) is 0. The number of amides is 1. The average Bonchev–Trinajstić information content (AvgIpc) is 2.33. The fraction of sp³-hybridized carbons (Fsp3) is 0.727. The van der Waals surface area contributed by atoms with Gasteiger partial charge in [-0.25, -0.2) is 0 Å². The van der Waals surface area contributed by atoms with Gasteiger partial charge in [0.15, 0.2) is 0 Å². The Balaban J connectivity index is 0.00000196. The molecule has 0 aromatic rings. The standard InChI is InChI=1S/C11H19N2O.HI/c1-12-10(7-8-11(12)14)6-5-9-13(2,3)4;/h10H,7-9H2,1-4H3;1H/q+1;/p-1. The summed E-state index contributed by atoms with van der Waals surface area (Å²) >= 11 is 0. The summed E-state index contributed by atoms with van der Waals surface area (Å²) in [7, 11) is 8.16. The number of rotatable bonds is 1.